The lowest BCUT2D eigenvalue weighted by Gasteiger charge is -2.19. The summed E-state index contributed by atoms with van der Waals surface area (Å²) >= 11 is 5.88. The lowest BCUT2D eigenvalue weighted by atomic mass is 10.1. The van der Waals surface area contributed by atoms with Gasteiger partial charge < -0.3 is 10.1 Å². The molecular weight excluding hydrogens is 318 g/mol. The minimum absolute atomic E-state index is 0.0605. The number of rotatable bonds is 4. The summed E-state index contributed by atoms with van der Waals surface area (Å²) in [7, 11) is 0. The fourth-order valence-electron chi connectivity index (χ4n) is 1.80. The molecule has 6 nitrogen and oxygen atoms in total. The highest BCUT2D eigenvalue weighted by Gasteiger charge is 2.17. The summed E-state index contributed by atoms with van der Waals surface area (Å²) in [6.45, 7) is 5.91. The number of hydrogen-bond donors (Lipinski definition) is 2. The molecule has 0 aliphatic heterocycles. The number of nitrogens with zero attached hydrogens (tertiary/aromatic N) is 1. The Kier molecular flexibility index (Phi) is 5.05. The molecule has 7 heteroatoms. The summed E-state index contributed by atoms with van der Waals surface area (Å²) in [5, 5.41) is 9.02. The van der Waals surface area contributed by atoms with Crippen molar-refractivity contribution in [3.05, 3.63) is 57.0 Å². The van der Waals surface area contributed by atoms with Crippen LogP contribution >= 0.6 is 11.6 Å². The molecule has 2 N–H and O–H groups in total. The third-order valence-electron chi connectivity index (χ3n) is 2.87. The molecule has 0 fully saturated rings. The maximum Gasteiger partial charge on any atom is 0.338 e. The number of esters is 1. The summed E-state index contributed by atoms with van der Waals surface area (Å²) in [6, 6.07) is 7.01. The summed E-state index contributed by atoms with van der Waals surface area (Å²) < 4.78 is 5.30. The lowest BCUT2D eigenvalue weighted by Crippen LogP contribution is -2.23. The van der Waals surface area contributed by atoms with Gasteiger partial charge in [0, 0.05) is 6.54 Å². The molecule has 1 aromatic heterocycles. The molecule has 0 atom stereocenters. The lowest BCUT2D eigenvalue weighted by molar-refractivity contribution is 0.00695. The van der Waals surface area contributed by atoms with Crippen LogP contribution in [0.25, 0.3) is 0 Å². The number of hydrogen-bond acceptors (Lipinski definition) is 5. The predicted molar refractivity (Wildman–Crippen MR) is 88.8 cm³/mol. The SMILES string of the molecule is CC(C)(C)OC(=O)c1ccc(CNc2cn[nH]c(=O)c2Cl)cc1. The zero-order valence-corrected chi connectivity index (χ0v) is 13.9. The van der Waals surface area contributed by atoms with Crippen LogP contribution in [-0.2, 0) is 11.3 Å². The standard InChI is InChI=1S/C16H18ClN3O3/c1-16(2,3)23-15(22)11-6-4-10(5-7-11)8-18-12-9-19-20-14(21)13(12)17/h4-7,9H,8H2,1-3H3,(H2,18,20,21). The van der Waals surface area contributed by atoms with Crippen molar-refractivity contribution in [1.29, 1.82) is 0 Å². The summed E-state index contributed by atoms with van der Waals surface area (Å²) in [5.41, 5.74) is 0.887. The minimum atomic E-state index is -0.526. The van der Waals surface area contributed by atoms with Crippen molar-refractivity contribution >= 4 is 23.3 Å². The van der Waals surface area contributed by atoms with E-state index in [1.54, 1.807) is 24.3 Å². The molecule has 0 bridgehead atoms. The topological polar surface area (TPSA) is 84.1 Å². The number of halogens is 1. The van der Waals surface area contributed by atoms with Crippen molar-refractivity contribution in [1.82, 2.24) is 10.2 Å². The van der Waals surface area contributed by atoms with Crippen LogP contribution in [0.1, 0.15) is 36.7 Å². The third-order valence-corrected chi connectivity index (χ3v) is 3.24. The van der Waals surface area contributed by atoms with E-state index >= 15 is 0 Å². The van der Waals surface area contributed by atoms with Crippen LogP contribution in [0.2, 0.25) is 5.02 Å². The molecule has 122 valence electrons. The normalized spacial score (nSPS) is 11.1. The molecule has 0 aliphatic carbocycles. The Morgan fingerprint density at radius 3 is 2.57 bits per heavy atom. The van der Waals surface area contributed by atoms with Crippen LogP contribution in [0.3, 0.4) is 0 Å². The van der Waals surface area contributed by atoms with Gasteiger partial charge >= 0.3 is 5.97 Å². The van der Waals surface area contributed by atoms with E-state index in [0.29, 0.717) is 17.8 Å². The zero-order valence-electron chi connectivity index (χ0n) is 13.1. The molecule has 0 spiro atoms. The van der Waals surface area contributed by atoms with Gasteiger partial charge in [0.1, 0.15) is 10.6 Å². The monoisotopic (exact) mass is 335 g/mol. The number of anilines is 1. The minimum Gasteiger partial charge on any atom is -0.456 e. The maximum absolute atomic E-state index is 11.9. The predicted octanol–water partition coefficient (Wildman–Crippen LogP) is 2.99. The van der Waals surface area contributed by atoms with Crippen molar-refractivity contribution < 1.29 is 9.53 Å². The van der Waals surface area contributed by atoms with E-state index in [4.69, 9.17) is 16.3 Å². The van der Waals surface area contributed by atoms with Gasteiger partial charge in [-0.3, -0.25) is 4.79 Å². The first kappa shape index (κ1) is 17.0. The molecule has 23 heavy (non-hydrogen) atoms. The Labute approximate surface area is 138 Å². The van der Waals surface area contributed by atoms with Gasteiger partial charge in [0.2, 0.25) is 0 Å². The van der Waals surface area contributed by atoms with Gasteiger partial charge in [0.25, 0.3) is 5.56 Å². The van der Waals surface area contributed by atoms with Crippen molar-refractivity contribution in [2.24, 2.45) is 0 Å². The van der Waals surface area contributed by atoms with Crippen molar-refractivity contribution in [3.8, 4) is 0 Å². The highest BCUT2D eigenvalue weighted by atomic mass is 35.5. The molecule has 0 saturated heterocycles. The van der Waals surface area contributed by atoms with Gasteiger partial charge in [-0.05, 0) is 38.5 Å². The first-order valence-corrected chi connectivity index (χ1v) is 7.43. The maximum atomic E-state index is 11.9. The fourth-order valence-corrected chi connectivity index (χ4v) is 1.96. The van der Waals surface area contributed by atoms with Crippen molar-refractivity contribution in [3.63, 3.8) is 0 Å². The van der Waals surface area contributed by atoms with Crippen LogP contribution in [0.4, 0.5) is 5.69 Å². The Hall–Kier alpha value is -2.34. The third kappa shape index (κ3) is 4.82. The summed E-state index contributed by atoms with van der Waals surface area (Å²) in [5.74, 6) is -0.362. The van der Waals surface area contributed by atoms with Gasteiger partial charge in [-0.1, -0.05) is 23.7 Å². The number of carbonyl (C=O) groups excluding carboxylic acids is 1. The average Bonchev–Trinajstić information content (AvgIpc) is 2.47. The Bertz CT molecular complexity index is 748. The van der Waals surface area contributed by atoms with Gasteiger partial charge in [-0.25, -0.2) is 9.89 Å². The number of H-pyrrole nitrogens is 1. The highest BCUT2D eigenvalue weighted by Crippen LogP contribution is 2.17. The first-order valence-electron chi connectivity index (χ1n) is 7.05. The van der Waals surface area contributed by atoms with Crippen LogP contribution in [0.5, 0.6) is 0 Å². The van der Waals surface area contributed by atoms with E-state index in [1.807, 2.05) is 20.8 Å². The molecule has 1 heterocycles. The number of nitrogens with one attached hydrogen (secondary N) is 2. The number of benzene rings is 1. The number of aromatic amines is 1. The van der Waals surface area contributed by atoms with Gasteiger partial charge in [-0.15, -0.1) is 0 Å². The zero-order chi connectivity index (χ0) is 17.0. The largest absolute Gasteiger partial charge is 0.456 e. The summed E-state index contributed by atoms with van der Waals surface area (Å²) in [4.78, 5) is 23.3. The molecule has 1 aromatic carbocycles. The molecule has 2 aromatic rings. The van der Waals surface area contributed by atoms with Gasteiger partial charge in [-0.2, -0.15) is 5.10 Å². The Morgan fingerprint density at radius 2 is 1.96 bits per heavy atom. The molecule has 2 rings (SSSR count). The number of carbonyl (C=O) groups is 1. The molecule has 0 aliphatic rings. The van der Waals surface area contributed by atoms with Crippen LogP contribution in [-0.4, -0.2) is 21.8 Å². The van der Waals surface area contributed by atoms with Crippen LogP contribution in [0, 0.1) is 0 Å². The van der Waals surface area contributed by atoms with Crippen LogP contribution < -0.4 is 10.9 Å². The Morgan fingerprint density at radius 1 is 1.30 bits per heavy atom. The second-order valence-electron chi connectivity index (χ2n) is 5.98. The van der Waals surface area contributed by atoms with Crippen molar-refractivity contribution in [2.45, 2.75) is 32.9 Å². The fraction of sp³-hybridized carbons (Fsp3) is 0.312. The smallest absolute Gasteiger partial charge is 0.338 e. The molecule has 0 amide bonds. The van der Waals surface area contributed by atoms with Gasteiger partial charge in [0.05, 0.1) is 17.4 Å². The molecular formula is C16H18ClN3O3. The Balaban J connectivity index is 2.02. The van der Waals surface area contributed by atoms with E-state index in [9.17, 15) is 9.59 Å². The van der Waals surface area contributed by atoms with E-state index in [2.05, 4.69) is 15.5 Å². The quantitative estimate of drug-likeness (QED) is 0.839. The number of ether oxygens (including phenoxy) is 1. The molecule has 0 unspecified atom stereocenters. The average molecular weight is 336 g/mol. The highest BCUT2D eigenvalue weighted by molar-refractivity contribution is 6.32. The first-order chi connectivity index (χ1) is 10.8. The van der Waals surface area contributed by atoms with E-state index in [1.165, 1.54) is 6.20 Å². The van der Waals surface area contributed by atoms with E-state index in [0.717, 1.165) is 5.56 Å². The van der Waals surface area contributed by atoms with Crippen molar-refractivity contribution in [2.75, 3.05) is 5.32 Å². The molecule has 0 saturated carbocycles. The van der Waals surface area contributed by atoms with Gasteiger partial charge in [0.15, 0.2) is 0 Å². The van der Waals surface area contributed by atoms with E-state index < -0.39 is 11.2 Å². The second-order valence-corrected chi connectivity index (χ2v) is 6.36. The summed E-state index contributed by atoms with van der Waals surface area (Å²) in [6.07, 6.45) is 1.44. The number of aromatic nitrogens is 2. The van der Waals surface area contributed by atoms with E-state index in [-0.39, 0.29) is 11.0 Å². The molecule has 0 radical (unpaired) electrons. The second kappa shape index (κ2) is 6.83. The van der Waals surface area contributed by atoms with Crippen LogP contribution in [0.15, 0.2) is 35.3 Å².